The minimum absolute atomic E-state index is 0.229. The molecular formula is C20H14IN3O3. The normalized spacial score (nSPS) is 10.9. The van der Waals surface area contributed by atoms with Crippen LogP contribution in [0.1, 0.15) is 11.1 Å². The van der Waals surface area contributed by atoms with Crippen molar-refractivity contribution >= 4 is 39.2 Å². The van der Waals surface area contributed by atoms with E-state index in [1.54, 1.807) is 30.6 Å². The van der Waals surface area contributed by atoms with Gasteiger partial charge in [-0.15, -0.1) is 0 Å². The molecule has 0 aliphatic rings. The van der Waals surface area contributed by atoms with Crippen LogP contribution in [-0.2, 0) is 6.42 Å². The summed E-state index contributed by atoms with van der Waals surface area (Å²) in [5, 5.41) is 0.843. The second-order valence-corrected chi connectivity index (χ2v) is 6.97. The van der Waals surface area contributed by atoms with Gasteiger partial charge in [-0.25, -0.2) is 14.8 Å². The van der Waals surface area contributed by atoms with Crippen LogP contribution >= 0.6 is 22.6 Å². The fraction of sp³-hybridized carbons (Fsp3) is 0.0500. The molecule has 0 unspecified atom stereocenters. The zero-order valence-electron chi connectivity index (χ0n) is 14.1. The van der Waals surface area contributed by atoms with E-state index in [0.717, 1.165) is 14.5 Å². The average Bonchev–Trinajstić information content (AvgIpc) is 2.66. The van der Waals surface area contributed by atoms with Crippen LogP contribution in [0.3, 0.4) is 0 Å². The van der Waals surface area contributed by atoms with Crippen molar-refractivity contribution in [2.24, 2.45) is 0 Å². The summed E-state index contributed by atoms with van der Waals surface area (Å²) >= 11 is 2.18. The van der Waals surface area contributed by atoms with Crippen molar-refractivity contribution in [2.45, 2.75) is 6.42 Å². The Morgan fingerprint density at radius 3 is 2.67 bits per heavy atom. The monoisotopic (exact) mass is 471 g/mol. The Hall–Kier alpha value is -2.94. The van der Waals surface area contributed by atoms with Crippen LogP contribution in [0.25, 0.3) is 11.0 Å². The van der Waals surface area contributed by atoms with Gasteiger partial charge in [-0.1, -0.05) is 12.1 Å². The van der Waals surface area contributed by atoms with Gasteiger partial charge >= 0.3 is 11.6 Å². The molecule has 4 aromatic rings. The summed E-state index contributed by atoms with van der Waals surface area (Å²) in [6.45, 7) is 0. The lowest BCUT2D eigenvalue weighted by Crippen LogP contribution is -2.11. The van der Waals surface area contributed by atoms with Gasteiger partial charge in [-0.3, -0.25) is 0 Å². The van der Waals surface area contributed by atoms with E-state index in [9.17, 15) is 4.79 Å². The summed E-state index contributed by atoms with van der Waals surface area (Å²) in [4.78, 5) is 20.6. The Bertz CT molecular complexity index is 1180. The van der Waals surface area contributed by atoms with Crippen molar-refractivity contribution in [3.63, 3.8) is 0 Å². The van der Waals surface area contributed by atoms with E-state index in [2.05, 4.69) is 32.6 Å². The molecular weight excluding hydrogens is 457 g/mol. The number of rotatable bonds is 4. The highest BCUT2D eigenvalue weighted by Gasteiger charge is 2.14. The van der Waals surface area contributed by atoms with Crippen molar-refractivity contribution in [2.75, 3.05) is 5.73 Å². The summed E-state index contributed by atoms with van der Waals surface area (Å²) < 4.78 is 12.0. The number of benzene rings is 2. The molecule has 4 rings (SSSR count). The first-order valence-electron chi connectivity index (χ1n) is 8.15. The first-order valence-corrected chi connectivity index (χ1v) is 9.22. The molecule has 0 amide bonds. The van der Waals surface area contributed by atoms with Crippen LogP contribution < -0.4 is 16.1 Å². The van der Waals surface area contributed by atoms with Gasteiger partial charge in [-0.2, -0.15) is 0 Å². The van der Waals surface area contributed by atoms with Crippen molar-refractivity contribution in [1.29, 1.82) is 0 Å². The SMILES string of the molecule is Nc1cccc(Cc2c(I)c3ccc(Oc4ncccn4)cc3oc2=O)c1. The number of hydrogen-bond acceptors (Lipinski definition) is 6. The number of anilines is 1. The highest BCUT2D eigenvalue weighted by atomic mass is 127. The zero-order chi connectivity index (χ0) is 18.8. The molecule has 0 bridgehead atoms. The van der Waals surface area contributed by atoms with E-state index in [4.69, 9.17) is 14.9 Å². The van der Waals surface area contributed by atoms with Crippen LogP contribution in [-0.4, -0.2) is 9.97 Å². The molecule has 0 saturated carbocycles. The average molecular weight is 471 g/mol. The maximum Gasteiger partial charge on any atom is 0.340 e. The lowest BCUT2D eigenvalue weighted by atomic mass is 10.0. The number of nitrogens with two attached hydrogens (primary N) is 1. The van der Waals surface area contributed by atoms with Crippen LogP contribution in [0.15, 0.2) is 70.1 Å². The minimum atomic E-state index is -0.373. The summed E-state index contributed by atoms with van der Waals surface area (Å²) in [7, 11) is 0. The van der Waals surface area contributed by atoms with Gasteiger partial charge in [0.2, 0.25) is 0 Å². The second-order valence-electron chi connectivity index (χ2n) is 5.90. The predicted molar refractivity (Wildman–Crippen MR) is 111 cm³/mol. The fourth-order valence-corrected chi connectivity index (χ4v) is 3.60. The van der Waals surface area contributed by atoms with Gasteiger partial charge in [0.15, 0.2) is 0 Å². The summed E-state index contributed by atoms with van der Waals surface area (Å²) in [5.74, 6) is 0.497. The number of nitrogen functional groups attached to an aromatic ring is 1. The molecule has 6 nitrogen and oxygen atoms in total. The van der Waals surface area contributed by atoms with Crippen LogP contribution in [0.4, 0.5) is 5.69 Å². The Morgan fingerprint density at radius 2 is 1.89 bits per heavy atom. The third-order valence-corrected chi connectivity index (χ3v) is 5.22. The van der Waals surface area contributed by atoms with Gasteiger partial charge in [0.1, 0.15) is 11.3 Å². The van der Waals surface area contributed by atoms with Crippen molar-refractivity contribution in [1.82, 2.24) is 9.97 Å². The number of nitrogens with zero attached hydrogens (tertiary/aromatic N) is 2. The van der Waals surface area contributed by atoms with Crippen LogP contribution in [0.5, 0.6) is 11.8 Å². The predicted octanol–water partition coefficient (Wildman–Crippen LogP) is 4.15. The topological polar surface area (TPSA) is 91.2 Å². The minimum Gasteiger partial charge on any atom is -0.424 e. The molecule has 0 atom stereocenters. The first-order chi connectivity index (χ1) is 13.1. The molecule has 2 N–H and O–H groups in total. The van der Waals surface area contributed by atoms with Crippen molar-refractivity contribution in [3.05, 3.63) is 86.0 Å². The molecule has 0 spiro atoms. The summed E-state index contributed by atoms with van der Waals surface area (Å²) in [6.07, 6.45) is 3.64. The van der Waals surface area contributed by atoms with E-state index in [0.29, 0.717) is 29.0 Å². The van der Waals surface area contributed by atoms with Gasteiger partial charge in [-0.05, 0) is 58.5 Å². The molecule has 27 heavy (non-hydrogen) atoms. The van der Waals surface area contributed by atoms with E-state index in [-0.39, 0.29) is 11.6 Å². The Kier molecular flexibility index (Phi) is 4.76. The molecule has 0 fully saturated rings. The van der Waals surface area contributed by atoms with Gasteiger partial charge in [0.25, 0.3) is 0 Å². The molecule has 2 aromatic heterocycles. The van der Waals surface area contributed by atoms with E-state index < -0.39 is 0 Å². The Labute approximate surface area is 168 Å². The third-order valence-electron chi connectivity index (χ3n) is 3.99. The summed E-state index contributed by atoms with van der Waals surface area (Å²) in [5.41, 5.74) is 8.14. The maximum absolute atomic E-state index is 12.5. The number of aromatic nitrogens is 2. The Balaban J connectivity index is 1.71. The second kappa shape index (κ2) is 7.36. The molecule has 7 heteroatoms. The molecule has 0 aliphatic heterocycles. The molecule has 0 aliphatic carbocycles. The maximum atomic E-state index is 12.5. The highest BCUT2D eigenvalue weighted by Crippen LogP contribution is 2.28. The fourth-order valence-electron chi connectivity index (χ4n) is 2.75. The lowest BCUT2D eigenvalue weighted by Gasteiger charge is -2.09. The van der Waals surface area contributed by atoms with E-state index in [1.807, 2.05) is 30.3 Å². The van der Waals surface area contributed by atoms with Gasteiger partial charge < -0.3 is 14.9 Å². The summed E-state index contributed by atoms with van der Waals surface area (Å²) in [6, 6.07) is 14.7. The zero-order valence-corrected chi connectivity index (χ0v) is 16.2. The van der Waals surface area contributed by atoms with Crippen LogP contribution in [0.2, 0.25) is 0 Å². The molecule has 2 aromatic carbocycles. The molecule has 0 radical (unpaired) electrons. The number of fused-ring (bicyclic) bond motifs is 1. The lowest BCUT2D eigenvalue weighted by molar-refractivity contribution is 0.440. The van der Waals surface area contributed by atoms with Gasteiger partial charge in [0.05, 0.1) is 5.56 Å². The molecule has 2 heterocycles. The number of ether oxygens (including phenoxy) is 1. The first kappa shape index (κ1) is 17.5. The van der Waals surface area contributed by atoms with Crippen molar-refractivity contribution in [3.8, 4) is 11.8 Å². The number of halogens is 1. The standard InChI is InChI=1S/C20H14IN3O3/c21-18-15-6-5-14(26-20-23-7-2-8-24-20)11-17(15)27-19(25)16(18)10-12-3-1-4-13(22)9-12/h1-9,11H,10,22H2. The van der Waals surface area contributed by atoms with Crippen molar-refractivity contribution < 1.29 is 9.15 Å². The molecule has 134 valence electrons. The molecule has 0 saturated heterocycles. The Morgan fingerprint density at radius 1 is 1.07 bits per heavy atom. The largest absolute Gasteiger partial charge is 0.424 e. The third kappa shape index (κ3) is 3.77. The van der Waals surface area contributed by atoms with Crippen LogP contribution in [0, 0.1) is 3.57 Å². The van der Waals surface area contributed by atoms with E-state index in [1.165, 1.54) is 0 Å². The highest BCUT2D eigenvalue weighted by molar-refractivity contribution is 14.1. The quantitative estimate of drug-likeness (QED) is 0.273. The van der Waals surface area contributed by atoms with E-state index >= 15 is 0 Å². The smallest absolute Gasteiger partial charge is 0.340 e. The van der Waals surface area contributed by atoms with Gasteiger partial charge in [0, 0.05) is 39.5 Å². The number of hydrogen-bond donors (Lipinski definition) is 1.